The number of hydrogen-bond acceptors (Lipinski definition) is 4. The van der Waals surface area contributed by atoms with E-state index in [9.17, 15) is 4.79 Å². The van der Waals surface area contributed by atoms with Crippen molar-refractivity contribution in [3.8, 4) is 0 Å². The Labute approximate surface area is 209 Å². The second kappa shape index (κ2) is 13.4. The summed E-state index contributed by atoms with van der Waals surface area (Å²) in [5.41, 5.74) is 2.73. The van der Waals surface area contributed by atoms with Gasteiger partial charge < -0.3 is 9.30 Å². The van der Waals surface area contributed by atoms with Crippen molar-refractivity contribution in [1.82, 2.24) is 14.5 Å². The van der Waals surface area contributed by atoms with Crippen LogP contribution in [0.1, 0.15) is 62.2 Å². The first-order valence-electron chi connectivity index (χ1n) is 13.4. The molecule has 0 atom stereocenters. The molecule has 0 radical (unpaired) electrons. The number of aromatic nitrogens is 2. The molecule has 1 aliphatic rings. The summed E-state index contributed by atoms with van der Waals surface area (Å²) in [4.78, 5) is 23.1. The topological polar surface area (TPSA) is 50.6 Å². The molecule has 0 saturated carbocycles. The summed E-state index contributed by atoms with van der Waals surface area (Å²) in [6, 6.07) is 17.9. The monoisotopic (exact) mass is 476 g/mol. The number of amides is 1. The zero-order chi connectivity index (χ0) is 24.3. The number of fused-ring (bicyclic) bond motifs is 1. The molecular formula is C29H40N4O2. The van der Waals surface area contributed by atoms with Crippen LogP contribution in [0.25, 0.3) is 11.0 Å². The van der Waals surface area contributed by atoms with Crippen molar-refractivity contribution >= 4 is 22.9 Å². The first kappa shape index (κ1) is 25.4. The van der Waals surface area contributed by atoms with Crippen molar-refractivity contribution in [2.24, 2.45) is 0 Å². The third kappa shape index (κ3) is 6.92. The summed E-state index contributed by atoms with van der Waals surface area (Å²) >= 11 is 0. The number of morpholine rings is 1. The lowest BCUT2D eigenvalue weighted by Crippen LogP contribution is -2.39. The lowest BCUT2D eigenvalue weighted by Gasteiger charge is -2.28. The Kier molecular flexibility index (Phi) is 9.73. The third-order valence-electron chi connectivity index (χ3n) is 6.87. The normalized spacial score (nSPS) is 14.4. The Balaban J connectivity index is 1.56. The number of benzene rings is 2. The van der Waals surface area contributed by atoms with Gasteiger partial charge in [-0.05, 0) is 30.7 Å². The van der Waals surface area contributed by atoms with E-state index in [1.807, 2.05) is 47.4 Å². The number of carbonyl (C=O) groups is 1. The molecule has 35 heavy (non-hydrogen) atoms. The molecule has 1 fully saturated rings. The fourth-order valence-electron chi connectivity index (χ4n) is 4.81. The molecule has 1 aromatic heterocycles. The number of nitrogens with zero attached hydrogens (tertiary/aromatic N) is 4. The highest BCUT2D eigenvalue weighted by Gasteiger charge is 2.24. The van der Waals surface area contributed by atoms with E-state index in [1.165, 1.54) is 32.1 Å². The van der Waals surface area contributed by atoms with Gasteiger partial charge in [-0.3, -0.25) is 14.6 Å². The zero-order valence-electron chi connectivity index (χ0n) is 21.2. The Morgan fingerprint density at radius 2 is 1.57 bits per heavy atom. The van der Waals surface area contributed by atoms with E-state index < -0.39 is 0 Å². The molecule has 0 N–H and O–H groups in total. The highest BCUT2D eigenvalue weighted by molar-refractivity contribution is 6.05. The van der Waals surface area contributed by atoms with Crippen LogP contribution in [-0.4, -0.2) is 59.8 Å². The van der Waals surface area contributed by atoms with Gasteiger partial charge in [-0.2, -0.15) is 0 Å². The first-order valence-corrected chi connectivity index (χ1v) is 13.4. The van der Waals surface area contributed by atoms with Crippen molar-refractivity contribution in [3.05, 3.63) is 60.2 Å². The van der Waals surface area contributed by atoms with E-state index in [4.69, 9.17) is 9.72 Å². The molecule has 1 amide bonds. The zero-order valence-corrected chi connectivity index (χ0v) is 21.2. The molecule has 188 valence electrons. The highest BCUT2D eigenvalue weighted by Crippen LogP contribution is 2.25. The maximum absolute atomic E-state index is 13.7. The number of ether oxygens (including phenoxy) is 1. The van der Waals surface area contributed by atoms with Crippen molar-refractivity contribution < 1.29 is 9.53 Å². The number of anilines is 1. The van der Waals surface area contributed by atoms with Crippen molar-refractivity contribution in [2.45, 2.75) is 58.4 Å². The van der Waals surface area contributed by atoms with Gasteiger partial charge in [-0.15, -0.1) is 0 Å². The number of rotatable bonds is 13. The van der Waals surface area contributed by atoms with Crippen molar-refractivity contribution in [1.29, 1.82) is 0 Å². The van der Waals surface area contributed by atoms with Crippen LogP contribution < -0.4 is 4.90 Å². The van der Waals surface area contributed by atoms with Crippen LogP contribution >= 0.6 is 0 Å². The summed E-state index contributed by atoms with van der Waals surface area (Å²) < 4.78 is 7.76. The van der Waals surface area contributed by atoms with E-state index >= 15 is 0 Å². The molecule has 0 spiro atoms. The third-order valence-corrected chi connectivity index (χ3v) is 6.87. The van der Waals surface area contributed by atoms with Gasteiger partial charge in [-0.25, -0.2) is 4.98 Å². The average molecular weight is 477 g/mol. The molecular weight excluding hydrogens is 436 g/mol. The molecule has 1 aliphatic heterocycles. The molecule has 6 heteroatoms. The van der Waals surface area contributed by atoms with Crippen molar-refractivity contribution in [3.63, 3.8) is 0 Å². The van der Waals surface area contributed by atoms with E-state index in [-0.39, 0.29) is 5.91 Å². The van der Waals surface area contributed by atoms with Crippen LogP contribution in [0.5, 0.6) is 0 Å². The molecule has 2 aromatic carbocycles. The lowest BCUT2D eigenvalue weighted by molar-refractivity contribution is 0.0365. The standard InChI is InChI=1S/C29H40N4O2/c1-2-3-4-5-6-7-13-18-33(28(34)25-14-9-8-10-15-25)29-30-26-16-11-12-17-27(26)32(29)20-19-31-21-23-35-24-22-31/h8-12,14-17H,2-7,13,18-24H2,1H3. The maximum atomic E-state index is 13.7. The van der Waals surface area contributed by atoms with Crippen LogP contribution in [0.4, 0.5) is 5.95 Å². The minimum atomic E-state index is 0.0273. The number of hydrogen-bond donors (Lipinski definition) is 0. The molecule has 0 unspecified atom stereocenters. The molecule has 2 heterocycles. The van der Waals surface area contributed by atoms with Crippen LogP contribution in [-0.2, 0) is 11.3 Å². The SMILES string of the molecule is CCCCCCCCCN(C(=O)c1ccccc1)c1nc2ccccc2n1CCN1CCOCC1. The Morgan fingerprint density at radius 3 is 2.34 bits per heavy atom. The molecule has 0 aliphatic carbocycles. The molecule has 1 saturated heterocycles. The number of imidazole rings is 1. The fourth-order valence-corrected chi connectivity index (χ4v) is 4.81. The summed E-state index contributed by atoms with van der Waals surface area (Å²) in [5, 5.41) is 0. The maximum Gasteiger partial charge on any atom is 0.260 e. The minimum Gasteiger partial charge on any atom is -0.379 e. The van der Waals surface area contributed by atoms with E-state index in [1.54, 1.807) is 0 Å². The van der Waals surface area contributed by atoms with Gasteiger partial charge in [0, 0.05) is 38.3 Å². The van der Waals surface area contributed by atoms with E-state index in [0.717, 1.165) is 69.2 Å². The van der Waals surface area contributed by atoms with Gasteiger partial charge >= 0.3 is 0 Å². The highest BCUT2D eigenvalue weighted by atomic mass is 16.5. The Bertz CT molecular complexity index is 1040. The second-order valence-corrected chi connectivity index (χ2v) is 9.45. The lowest BCUT2D eigenvalue weighted by atomic mass is 10.1. The quantitative estimate of drug-likeness (QED) is 0.294. The van der Waals surface area contributed by atoms with Crippen molar-refractivity contribution in [2.75, 3.05) is 44.3 Å². The summed E-state index contributed by atoms with van der Waals surface area (Å²) in [7, 11) is 0. The Morgan fingerprint density at radius 1 is 0.886 bits per heavy atom. The average Bonchev–Trinajstić information content (AvgIpc) is 3.28. The largest absolute Gasteiger partial charge is 0.379 e. The fraction of sp³-hybridized carbons (Fsp3) is 0.517. The first-order chi connectivity index (χ1) is 17.3. The van der Waals surface area contributed by atoms with Gasteiger partial charge in [0.25, 0.3) is 5.91 Å². The van der Waals surface area contributed by atoms with Crippen LogP contribution in [0, 0.1) is 0 Å². The number of para-hydroxylation sites is 2. The number of unbranched alkanes of at least 4 members (excludes halogenated alkanes) is 6. The van der Waals surface area contributed by atoms with Gasteiger partial charge in [0.15, 0.2) is 0 Å². The molecule has 4 rings (SSSR count). The van der Waals surface area contributed by atoms with Crippen LogP contribution in [0.15, 0.2) is 54.6 Å². The number of carbonyl (C=O) groups excluding carboxylic acids is 1. The second-order valence-electron chi connectivity index (χ2n) is 9.45. The van der Waals surface area contributed by atoms with Crippen LogP contribution in [0.3, 0.4) is 0 Å². The smallest absolute Gasteiger partial charge is 0.260 e. The van der Waals surface area contributed by atoms with Gasteiger partial charge in [0.05, 0.1) is 24.2 Å². The van der Waals surface area contributed by atoms with Gasteiger partial charge in [0.2, 0.25) is 5.95 Å². The summed E-state index contributed by atoms with van der Waals surface area (Å²) in [6.45, 7) is 8.12. The summed E-state index contributed by atoms with van der Waals surface area (Å²) in [5.74, 6) is 0.791. The van der Waals surface area contributed by atoms with E-state index in [2.05, 4.69) is 28.5 Å². The minimum absolute atomic E-state index is 0.0273. The molecule has 6 nitrogen and oxygen atoms in total. The predicted octanol–water partition coefficient (Wildman–Crippen LogP) is 5.77. The summed E-state index contributed by atoms with van der Waals surface area (Å²) in [6.07, 6.45) is 8.50. The molecule has 3 aromatic rings. The molecule has 0 bridgehead atoms. The van der Waals surface area contributed by atoms with Crippen LogP contribution in [0.2, 0.25) is 0 Å². The van der Waals surface area contributed by atoms with Gasteiger partial charge in [-0.1, -0.05) is 75.8 Å². The van der Waals surface area contributed by atoms with Gasteiger partial charge in [0.1, 0.15) is 0 Å². The van der Waals surface area contributed by atoms with E-state index in [0.29, 0.717) is 12.1 Å². The predicted molar refractivity (Wildman–Crippen MR) is 143 cm³/mol. The Hall–Kier alpha value is -2.70.